The highest BCUT2D eigenvalue weighted by Gasteiger charge is 2.26. The molecule has 0 aliphatic heterocycles. The van der Waals surface area contributed by atoms with Crippen LogP contribution in [0.2, 0.25) is 0 Å². The van der Waals surface area contributed by atoms with Crippen molar-refractivity contribution in [2.45, 2.75) is 24.3 Å². The van der Waals surface area contributed by atoms with Crippen molar-refractivity contribution in [1.29, 1.82) is 5.26 Å². The number of nitriles is 1. The fraction of sp³-hybridized carbons (Fsp3) is 0.192. The van der Waals surface area contributed by atoms with Crippen LogP contribution in [0.4, 0.5) is 8.78 Å². The average molecular weight is 577 g/mol. The molecule has 1 unspecified atom stereocenters. The molecule has 0 saturated heterocycles. The van der Waals surface area contributed by atoms with E-state index in [9.17, 15) is 26.3 Å². The van der Waals surface area contributed by atoms with Crippen LogP contribution in [0.25, 0.3) is 10.9 Å². The third-order valence-corrected chi connectivity index (χ3v) is 8.01. The molecule has 0 amide bonds. The van der Waals surface area contributed by atoms with Crippen LogP contribution in [0.15, 0.2) is 65.7 Å². The molecule has 9 nitrogen and oxygen atoms in total. The number of halogens is 2. The lowest BCUT2D eigenvalue weighted by Crippen LogP contribution is -2.21. The van der Waals surface area contributed by atoms with Gasteiger partial charge in [0.1, 0.15) is 17.6 Å². The van der Waals surface area contributed by atoms with Gasteiger partial charge in [-0.1, -0.05) is 17.7 Å². The number of hydrogen-bond donors (Lipinski definition) is 1. The van der Waals surface area contributed by atoms with Crippen LogP contribution >= 0.6 is 0 Å². The molecule has 0 bridgehead atoms. The Labute approximate surface area is 223 Å². The van der Waals surface area contributed by atoms with Crippen molar-refractivity contribution in [3.8, 4) is 17.6 Å². The number of nitrogens with zero attached hydrogens (tertiary/aromatic N) is 2. The minimum absolute atomic E-state index is 0.00436. The molecule has 0 aliphatic carbocycles. The van der Waals surface area contributed by atoms with E-state index in [1.165, 1.54) is 30.5 Å². The van der Waals surface area contributed by atoms with Crippen molar-refractivity contribution < 1.29 is 39.6 Å². The van der Waals surface area contributed by atoms with Crippen molar-refractivity contribution in [2.24, 2.45) is 0 Å². The Balaban J connectivity index is 1.86. The maximum Gasteiger partial charge on any atom is 0.268 e. The van der Waals surface area contributed by atoms with E-state index in [0.717, 1.165) is 34.0 Å². The zero-order valence-electron chi connectivity index (χ0n) is 20.6. The fourth-order valence-corrected chi connectivity index (χ4v) is 5.63. The lowest BCUT2D eigenvalue weighted by molar-refractivity contribution is 0.111. The molecule has 1 heterocycles. The second-order valence-corrected chi connectivity index (χ2v) is 12.2. The number of aryl methyl sites for hydroxylation is 1. The topological polar surface area (TPSA) is 136 Å². The van der Waals surface area contributed by atoms with Crippen LogP contribution in [0.5, 0.6) is 11.5 Å². The molecule has 3 aromatic carbocycles. The smallest absolute Gasteiger partial charge is 0.268 e. The molecule has 1 N–H and O–H groups in total. The van der Waals surface area contributed by atoms with Gasteiger partial charge in [0, 0.05) is 35.7 Å². The summed E-state index contributed by atoms with van der Waals surface area (Å²) in [5.41, 5.74) is 0.415. The molecule has 0 radical (unpaired) electrons. The van der Waals surface area contributed by atoms with Crippen molar-refractivity contribution in [1.82, 2.24) is 3.97 Å². The molecule has 4 aromatic rings. The molecule has 39 heavy (non-hydrogen) atoms. The van der Waals surface area contributed by atoms with E-state index in [2.05, 4.69) is 4.18 Å². The first kappa shape index (κ1) is 28.2. The van der Waals surface area contributed by atoms with Crippen molar-refractivity contribution in [3.63, 3.8) is 0 Å². The molecule has 1 atom stereocenters. The van der Waals surface area contributed by atoms with Crippen molar-refractivity contribution in [2.75, 3.05) is 12.9 Å². The number of fused-ring (bicyclic) bond motifs is 1. The molecule has 204 valence electrons. The summed E-state index contributed by atoms with van der Waals surface area (Å²) in [7, 11) is -8.05. The van der Waals surface area contributed by atoms with E-state index in [-0.39, 0.29) is 32.7 Å². The lowest BCUT2D eigenvalue weighted by atomic mass is 10.0. The zero-order chi connectivity index (χ0) is 28.5. The summed E-state index contributed by atoms with van der Waals surface area (Å²) in [6.07, 6.45) is 0.149. The second-order valence-electron chi connectivity index (χ2n) is 8.73. The Bertz CT molecular complexity index is 1810. The van der Waals surface area contributed by atoms with E-state index in [4.69, 9.17) is 10.00 Å². The fourth-order valence-electron chi connectivity index (χ4n) is 3.89. The third kappa shape index (κ3) is 6.10. The van der Waals surface area contributed by atoms with Crippen LogP contribution in [-0.4, -0.2) is 44.9 Å². The first-order valence-electron chi connectivity index (χ1n) is 11.3. The van der Waals surface area contributed by atoms with Gasteiger partial charge in [0.2, 0.25) is 0 Å². The van der Waals surface area contributed by atoms with Crippen molar-refractivity contribution in [3.05, 3.63) is 89.1 Å². The Morgan fingerprint density at radius 2 is 1.72 bits per heavy atom. The minimum Gasteiger partial charge on any atom is -0.454 e. The molecule has 13 heteroatoms. The highest BCUT2D eigenvalue weighted by molar-refractivity contribution is 7.90. The lowest BCUT2D eigenvalue weighted by Gasteiger charge is -2.17. The monoisotopic (exact) mass is 576 g/mol. The summed E-state index contributed by atoms with van der Waals surface area (Å²) in [5.74, 6) is -2.36. The number of benzene rings is 3. The number of aromatic nitrogens is 1. The highest BCUT2D eigenvalue weighted by Crippen LogP contribution is 2.37. The normalized spacial score (nSPS) is 12.8. The van der Waals surface area contributed by atoms with Crippen molar-refractivity contribution >= 4 is 31.0 Å². The highest BCUT2D eigenvalue weighted by atomic mass is 32.2. The Morgan fingerprint density at radius 1 is 1.03 bits per heavy atom. The predicted molar refractivity (Wildman–Crippen MR) is 137 cm³/mol. The van der Waals surface area contributed by atoms with Crippen LogP contribution in [0, 0.1) is 29.9 Å². The van der Waals surface area contributed by atoms with Crippen LogP contribution in [0.3, 0.4) is 0 Å². The molecular weight excluding hydrogens is 554 g/mol. The van der Waals surface area contributed by atoms with E-state index < -0.39 is 56.7 Å². The second kappa shape index (κ2) is 10.7. The number of rotatable bonds is 9. The van der Waals surface area contributed by atoms with Crippen LogP contribution in [0.1, 0.15) is 16.7 Å². The van der Waals surface area contributed by atoms with E-state index in [0.29, 0.717) is 0 Å². The summed E-state index contributed by atoms with van der Waals surface area (Å²) < 4.78 is 90.0. The van der Waals surface area contributed by atoms with Gasteiger partial charge in [0.25, 0.3) is 20.1 Å². The summed E-state index contributed by atoms with van der Waals surface area (Å²) in [4.78, 5) is -0.0372. The molecule has 1 aromatic heterocycles. The quantitative estimate of drug-likeness (QED) is 0.295. The first-order chi connectivity index (χ1) is 18.3. The van der Waals surface area contributed by atoms with E-state index in [1.807, 2.05) is 0 Å². The van der Waals surface area contributed by atoms with Gasteiger partial charge in [0.05, 0.1) is 34.9 Å². The summed E-state index contributed by atoms with van der Waals surface area (Å²) in [5, 5.41) is 19.8. The number of ether oxygens (including phenoxy) is 1. The van der Waals surface area contributed by atoms with Crippen LogP contribution < -0.4 is 4.74 Å². The van der Waals surface area contributed by atoms with Gasteiger partial charge < -0.3 is 9.84 Å². The minimum atomic E-state index is -4.15. The SMILES string of the molecule is Cc1ccc(S(=O)(=O)n2ccc3c(CC(O)COS(C)(=O)=O)c(Oc4ccc(F)c(C#N)c4)c(F)cc32)cc1. The summed E-state index contributed by atoms with van der Waals surface area (Å²) in [6.45, 7) is 1.14. The van der Waals surface area contributed by atoms with E-state index in [1.54, 1.807) is 25.1 Å². The Morgan fingerprint density at radius 3 is 2.36 bits per heavy atom. The van der Waals surface area contributed by atoms with Gasteiger partial charge >= 0.3 is 0 Å². The van der Waals surface area contributed by atoms with Gasteiger partial charge in [-0.2, -0.15) is 13.7 Å². The summed E-state index contributed by atoms with van der Waals surface area (Å²) in [6, 6.07) is 13.2. The first-order valence-corrected chi connectivity index (χ1v) is 14.6. The van der Waals surface area contributed by atoms with Gasteiger partial charge in [-0.05, 0) is 37.3 Å². The zero-order valence-corrected chi connectivity index (χ0v) is 22.3. The largest absolute Gasteiger partial charge is 0.454 e. The number of aliphatic hydroxyl groups is 1. The molecule has 0 aliphatic rings. The number of aliphatic hydroxyl groups excluding tert-OH is 1. The molecular formula is C26H22F2N2O7S2. The molecule has 4 rings (SSSR count). The maximum absolute atomic E-state index is 15.6. The average Bonchev–Trinajstić information content (AvgIpc) is 3.30. The molecule has 0 spiro atoms. The van der Waals surface area contributed by atoms with Gasteiger partial charge in [0.15, 0.2) is 11.6 Å². The van der Waals surface area contributed by atoms with Gasteiger partial charge in [-0.25, -0.2) is 21.2 Å². The Kier molecular flexibility index (Phi) is 7.76. The summed E-state index contributed by atoms with van der Waals surface area (Å²) >= 11 is 0. The predicted octanol–water partition coefficient (Wildman–Crippen LogP) is 4.01. The molecule has 0 saturated carbocycles. The molecule has 0 fully saturated rings. The third-order valence-electron chi connectivity index (χ3n) is 5.74. The number of hydrogen-bond acceptors (Lipinski definition) is 8. The van der Waals surface area contributed by atoms with Gasteiger partial charge in [-0.15, -0.1) is 0 Å². The standard InChI is InChI=1S/C26H22F2N2O7S2/c1-16-3-6-20(7-4-16)39(34,35)30-10-9-21-22(12-18(31)15-36-38(2,32)33)26(24(28)13-25(21)30)37-19-5-8-23(27)17(11-19)14-29/h3-11,13,18,31H,12,15H2,1-2H3. The Hall–Kier alpha value is -3.83. The van der Waals surface area contributed by atoms with Gasteiger partial charge in [-0.3, -0.25) is 4.18 Å². The van der Waals surface area contributed by atoms with E-state index >= 15 is 4.39 Å². The maximum atomic E-state index is 15.6. The van der Waals surface area contributed by atoms with Crippen LogP contribution in [-0.2, 0) is 30.7 Å².